The number of carbonyl (C=O) groups is 1. The van der Waals surface area contributed by atoms with Gasteiger partial charge in [0.05, 0.1) is 5.56 Å². The molecule has 1 N–H and O–H groups in total. The lowest BCUT2D eigenvalue weighted by molar-refractivity contribution is -0.116. The van der Waals surface area contributed by atoms with Gasteiger partial charge in [0.15, 0.2) is 4.96 Å². The fraction of sp³-hybridized carbons (Fsp3) is 0.136. The summed E-state index contributed by atoms with van der Waals surface area (Å²) in [5.41, 5.74) is 1.87. The maximum absolute atomic E-state index is 13.0. The van der Waals surface area contributed by atoms with E-state index in [1.807, 2.05) is 17.5 Å². The Bertz CT molecular complexity index is 1300. The number of carbonyl (C=O) groups excluding carboxylic acids is 1. The lowest BCUT2D eigenvalue weighted by Crippen LogP contribution is -2.31. The van der Waals surface area contributed by atoms with E-state index in [2.05, 4.69) is 10.3 Å². The van der Waals surface area contributed by atoms with Crippen LogP contribution in [0.1, 0.15) is 29.0 Å². The molecule has 2 aromatic carbocycles. The standard InChI is InChI=1S/C22H16FN3O3S/c23-15-5-1-13(2-6-15)12-29-16-7-3-14(4-8-16)17-11-18(27)24-20-19(17)21(28)25-22-26(20)9-10-30-22/h1-10,17H,11-12H2,(H,24,27)/t17-/m0/s1. The van der Waals surface area contributed by atoms with E-state index in [1.54, 1.807) is 34.9 Å². The summed E-state index contributed by atoms with van der Waals surface area (Å²) < 4.78 is 20.5. The average molecular weight is 421 g/mol. The van der Waals surface area contributed by atoms with Crippen LogP contribution in [0.3, 0.4) is 0 Å². The Morgan fingerprint density at radius 3 is 2.67 bits per heavy atom. The van der Waals surface area contributed by atoms with Crippen LogP contribution in [-0.4, -0.2) is 15.3 Å². The molecule has 6 nitrogen and oxygen atoms in total. The van der Waals surface area contributed by atoms with Gasteiger partial charge in [0.25, 0.3) is 5.56 Å². The SMILES string of the molecule is O=C1C[C@@H](c2ccc(OCc3ccc(F)cc3)cc2)c2c(n3ccsc3nc2=O)N1. The lowest BCUT2D eigenvalue weighted by atomic mass is 9.87. The first-order valence-electron chi connectivity index (χ1n) is 9.35. The van der Waals surface area contributed by atoms with Crippen LogP contribution < -0.4 is 15.6 Å². The Morgan fingerprint density at radius 2 is 1.90 bits per heavy atom. The summed E-state index contributed by atoms with van der Waals surface area (Å²) in [5, 5.41) is 4.65. The second-order valence-electron chi connectivity index (χ2n) is 7.02. The third-order valence-corrected chi connectivity index (χ3v) is 5.87. The molecule has 150 valence electrons. The molecule has 0 spiro atoms. The summed E-state index contributed by atoms with van der Waals surface area (Å²) >= 11 is 1.34. The minimum atomic E-state index is -0.378. The second-order valence-corrected chi connectivity index (χ2v) is 7.90. The number of ether oxygens (including phenoxy) is 1. The van der Waals surface area contributed by atoms with Gasteiger partial charge < -0.3 is 10.1 Å². The molecule has 1 aliphatic heterocycles. The highest BCUT2D eigenvalue weighted by atomic mass is 32.1. The number of thiazole rings is 1. The molecule has 3 heterocycles. The van der Waals surface area contributed by atoms with Crippen LogP contribution in [0.5, 0.6) is 5.75 Å². The number of fused-ring (bicyclic) bond motifs is 3. The maximum Gasteiger partial charge on any atom is 0.279 e. The van der Waals surface area contributed by atoms with Crippen molar-refractivity contribution in [3.8, 4) is 5.75 Å². The summed E-state index contributed by atoms with van der Waals surface area (Å²) in [5.74, 6) is 0.326. The number of halogens is 1. The number of nitrogens with one attached hydrogen (secondary N) is 1. The number of rotatable bonds is 4. The second kappa shape index (κ2) is 7.38. The molecule has 0 bridgehead atoms. The maximum atomic E-state index is 13.0. The molecular formula is C22H16FN3O3S. The molecule has 5 rings (SSSR count). The van der Waals surface area contributed by atoms with Crippen molar-refractivity contribution < 1.29 is 13.9 Å². The van der Waals surface area contributed by atoms with Gasteiger partial charge in [-0.15, -0.1) is 11.3 Å². The van der Waals surface area contributed by atoms with Gasteiger partial charge in [-0.25, -0.2) is 4.39 Å². The number of anilines is 1. The van der Waals surface area contributed by atoms with Crippen molar-refractivity contribution in [3.63, 3.8) is 0 Å². The zero-order chi connectivity index (χ0) is 20.7. The molecule has 1 amide bonds. The van der Waals surface area contributed by atoms with Crippen molar-refractivity contribution in [2.45, 2.75) is 18.9 Å². The monoisotopic (exact) mass is 421 g/mol. The van der Waals surface area contributed by atoms with E-state index in [1.165, 1.54) is 23.5 Å². The van der Waals surface area contributed by atoms with Gasteiger partial charge in [0.1, 0.15) is 24.0 Å². The van der Waals surface area contributed by atoms with Crippen molar-refractivity contribution in [3.05, 3.63) is 93.0 Å². The van der Waals surface area contributed by atoms with Gasteiger partial charge in [-0.1, -0.05) is 24.3 Å². The topological polar surface area (TPSA) is 72.7 Å². The zero-order valence-electron chi connectivity index (χ0n) is 15.7. The minimum Gasteiger partial charge on any atom is -0.489 e. The normalized spacial score (nSPS) is 15.6. The fourth-order valence-corrected chi connectivity index (χ4v) is 4.35. The smallest absolute Gasteiger partial charge is 0.279 e. The van der Waals surface area contributed by atoms with E-state index in [-0.39, 0.29) is 29.6 Å². The summed E-state index contributed by atoms with van der Waals surface area (Å²) in [6.45, 7) is 0.315. The van der Waals surface area contributed by atoms with Gasteiger partial charge in [0, 0.05) is 23.9 Å². The Morgan fingerprint density at radius 1 is 1.13 bits per heavy atom. The molecule has 0 fully saturated rings. The third kappa shape index (κ3) is 3.35. The predicted octanol–water partition coefficient (Wildman–Crippen LogP) is 3.95. The van der Waals surface area contributed by atoms with Gasteiger partial charge >= 0.3 is 0 Å². The number of nitrogens with zero attached hydrogens (tertiary/aromatic N) is 2. The molecule has 4 aromatic rings. The Labute approximate surface area is 174 Å². The molecule has 30 heavy (non-hydrogen) atoms. The molecule has 2 aromatic heterocycles. The van der Waals surface area contributed by atoms with Crippen LogP contribution in [0.4, 0.5) is 10.2 Å². The van der Waals surface area contributed by atoms with Gasteiger partial charge in [0.2, 0.25) is 5.91 Å². The van der Waals surface area contributed by atoms with Crippen LogP contribution in [-0.2, 0) is 11.4 Å². The Balaban J connectivity index is 1.43. The molecular weight excluding hydrogens is 405 g/mol. The molecule has 1 atom stereocenters. The summed E-state index contributed by atoms with van der Waals surface area (Å²) in [7, 11) is 0. The van der Waals surface area contributed by atoms with Crippen molar-refractivity contribution in [2.75, 3.05) is 5.32 Å². The van der Waals surface area contributed by atoms with E-state index in [0.717, 1.165) is 11.1 Å². The van der Waals surface area contributed by atoms with Gasteiger partial charge in [-0.05, 0) is 35.4 Å². The van der Waals surface area contributed by atoms with Crippen molar-refractivity contribution in [1.29, 1.82) is 0 Å². The van der Waals surface area contributed by atoms with Crippen LogP contribution in [0, 0.1) is 5.82 Å². The number of hydrogen-bond acceptors (Lipinski definition) is 5. The minimum absolute atomic E-state index is 0.144. The number of hydrogen-bond donors (Lipinski definition) is 1. The zero-order valence-corrected chi connectivity index (χ0v) is 16.5. The van der Waals surface area contributed by atoms with Crippen LogP contribution in [0.25, 0.3) is 4.96 Å². The fourth-order valence-electron chi connectivity index (χ4n) is 3.64. The molecule has 1 aliphatic rings. The summed E-state index contributed by atoms with van der Waals surface area (Å²) in [6.07, 6.45) is 1.97. The first kappa shape index (κ1) is 18.5. The summed E-state index contributed by atoms with van der Waals surface area (Å²) in [4.78, 5) is 29.7. The number of benzene rings is 2. The average Bonchev–Trinajstić information content (AvgIpc) is 3.22. The molecule has 0 aliphatic carbocycles. The summed E-state index contributed by atoms with van der Waals surface area (Å²) in [6, 6.07) is 13.5. The molecule has 0 radical (unpaired) electrons. The largest absolute Gasteiger partial charge is 0.489 e. The van der Waals surface area contributed by atoms with Crippen molar-refractivity contribution in [2.24, 2.45) is 0 Å². The number of aromatic nitrogens is 2. The van der Waals surface area contributed by atoms with Gasteiger partial charge in [-0.3, -0.25) is 14.0 Å². The first-order valence-corrected chi connectivity index (χ1v) is 10.2. The molecule has 0 saturated heterocycles. The van der Waals surface area contributed by atoms with E-state index in [9.17, 15) is 14.0 Å². The Hall–Kier alpha value is -3.52. The van der Waals surface area contributed by atoms with Crippen LogP contribution in [0.2, 0.25) is 0 Å². The highest BCUT2D eigenvalue weighted by Gasteiger charge is 2.31. The van der Waals surface area contributed by atoms with E-state index in [0.29, 0.717) is 28.7 Å². The predicted molar refractivity (Wildman–Crippen MR) is 112 cm³/mol. The highest BCUT2D eigenvalue weighted by Crippen LogP contribution is 2.36. The lowest BCUT2D eigenvalue weighted by Gasteiger charge is -2.25. The first-order chi connectivity index (χ1) is 14.6. The quantitative estimate of drug-likeness (QED) is 0.542. The molecule has 0 unspecified atom stereocenters. The number of amides is 1. The Kier molecular flexibility index (Phi) is 4.55. The van der Waals surface area contributed by atoms with E-state index < -0.39 is 0 Å². The third-order valence-electron chi connectivity index (χ3n) is 5.11. The highest BCUT2D eigenvalue weighted by molar-refractivity contribution is 7.15. The van der Waals surface area contributed by atoms with Crippen LogP contribution in [0.15, 0.2) is 64.9 Å². The van der Waals surface area contributed by atoms with E-state index >= 15 is 0 Å². The van der Waals surface area contributed by atoms with Gasteiger partial charge in [-0.2, -0.15) is 4.98 Å². The van der Waals surface area contributed by atoms with Crippen molar-refractivity contribution >= 4 is 28.0 Å². The molecule has 8 heteroatoms. The van der Waals surface area contributed by atoms with Crippen LogP contribution >= 0.6 is 11.3 Å². The van der Waals surface area contributed by atoms with E-state index in [4.69, 9.17) is 4.74 Å². The van der Waals surface area contributed by atoms with Crippen molar-refractivity contribution in [1.82, 2.24) is 9.38 Å². The molecule has 0 saturated carbocycles.